The van der Waals surface area contributed by atoms with Gasteiger partial charge in [-0.3, -0.25) is 9.48 Å². The van der Waals surface area contributed by atoms with E-state index in [4.69, 9.17) is 9.47 Å². The first kappa shape index (κ1) is 21.4. The SMILES string of the molecule is CCOc1ccc(OCc2ccc(C(=O)NC(C)c3cn(CC)nc3C)cc2)cc1. The van der Waals surface area contributed by atoms with Crippen molar-refractivity contribution < 1.29 is 14.3 Å². The summed E-state index contributed by atoms with van der Waals surface area (Å²) >= 11 is 0. The molecule has 6 nitrogen and oxygen atoms in total. The van der Waals surface area contributed by atoms with Crippen LogP contribution in [0.3, 0.4) is 0 Å². The molecule has 0 fully saturated rings. The highest BCUT2D eigenvalue weighted by atomic mass is 16.5. The van der Waals surface area contributed by atoms with Gasteiger partial charge in [0.05, 0.1) is 18.3 Å². The maximum atomic E-state index is 12.6. The van der Waals surface area contributed by atoms with Gasteiger partial charge in [0, 0.05) is 23.9 Å². The highest BCUT2D eigenvalue weighted by Crippen LogP contribution is 2.19. The molecule has 0 spiro atoms. The first-order chi connectivity index (χ1) is 14.5. The Morgan fingerprint density at radius 3 is 2.23 bits per heavy atom. The van der Waals surface area contributed by atoms with Crippen LogP contribution in [0.1, 0.15) is 54.0 Å². The molecule has 0 aliphatic rings. The lowest BCUT2D eigenvalue weighted by atomic mass is 10.1. The summed E-state index contributed by atoms with van der Waals surface area (Å²) in [6, 6.07) is 14.9. The van der Waals surface area contributed by atoms with Gasteiger partial charge in [-0.25, -0.2) is 0 Å². The van der Waals surface area contributed by atoms with Crippen molar-refractivity contribution >= 4 is 5.91 Å². The van der Waals surface area contributed by atoms with E-state index in [0.29, 0.717) is 18.8 Å². The van der Waals surface area contributed by atoms with Crippen LogP contribution in [-0.2, 0) is 13.2 Å². The fraction of sp³-hybridized carbons (Fsp3) is 0.333. The lowest BCUT2D eigenvalue weighted by Crippen LogP contribution is -2.26. The number of nitrogens with one attached hydrogen (secondary N) is 1. The second kappa shape index (κ2) is 9.96. The Kier molecular flexibility index (Phi) is 7.12. The van der Waals surface area contributed by atoms with E-state index in [9.17, 15) is 4.79 Å². The maximum Gasteiger partial charge on any atom is 0.251 e. The number of ether oxygens (including phenoxy) is 2. The molecule has 1 aromatic heterocycles. The molecule has 0 saturated heterocycles. The van der Waals surface area contributed by atoms with Crippen molar-refractivity contribution in [2.24, 2.45) is 0 Å². The molecule has 3 rings (SSSR count). The predicted octanol–water partition coefficient (Wildman–Crippen LogP) is 4.68. The van der Waals surface area contributed by atoms with Crippen LogP contribution in [0.25, 0.3) is 0 Å². The molecule has 30 heavy (non-hydrogen) atoms. The first-order valence-corrected chi connectivity index (χ1v) is 10.3. The number of amides is 1. The molecule has 1 amide bonds. The van der Waals surface area contributed by atoms with Gasteiger partial charge in [0.2, 0.25) is 0 Å². The molecule has 158 valence electrons. The Morgan fingerprint density at radius 1 is 1.03 bits per heavy atom. The highest BCUT2D eigenvalue weighted by molar-refractivity contribution is 5.94. The Balaban J connectivity index is 1.55. The smallest absolute Gasteiger partial charge is 0.251 e. The topological polar surface area (TPSA) is 65.4 Å². The summed E-state index contributed by atoms with van der Waals surface area (Å²) in [6.45, 7) is 9.81. The van der Waals surface area contributed by atoms with Gasteiger partial charge < -0.3 is 14.8 Å². The number of aromatic nitrogens is 2. The zero-order chi connectivity index (χ0) is 21.5. The van der Waals surface area contributed by atoms with Crippen LogP contribution in [0.5, 0.6) is 11.5 Å². The summed E-state index contributed by atoms with van der Waals surface area (Å²) in [7, 11) is 0. The largest absolute Gasteiger partial charge is 0.494 e. The fourth-order valence-electron chi connectivity index (χ4n) is 3.20. The predicted molar refractivity (Wildman–Crippen MR) is 117 cm³/mol. The highest BCUT2D eigenvalue weighted by Gasteiger charge is 2.15. The zero-order valence-corrected chi connectivity index (χ0v) is 18.0. The van der Waals surface area contributed by atoms with Crippen molar-refractivity contribution in [2.75, 3.05) is 6.61 Å². The number of aryl methyl sites for hydroxylation is 2. The van der Waals surface area contributed by atoms with Crippen molar-refractivity contribution in [3.63, 3.8) is 0 Å². The minimum absolute atomic E-state index is 0.106. The van der Waals surface area contributed by atoms with Crippen molar-refractivity contribution in [3.05, 3.63) is 77.1 Å². The Bertz CT molecular complexity index is 962. The molecule has 0 aliphatic heterocycles. The molecule has 6 heteroatoms. The second-order valence-corrected chi connectivity index (χ2v) is 7.11. The number of hydrogen-bond acceptors (Lipinski definition) is 4. The Labute approximate surface area is 177 Å². The number of rotatable bonds is 9. The van der Waals surface area contributed by atoms with Gasteiger partial charge in [-0.2, -0.15) is 5.10 Å². The molecular weight excluding hydrogens is 378 g/mol. The van der Waals surface area contributed by atoms with E-state index >= 15 is 0 Å². The molecule has 3 aromatic rings. The normalized spacial score (nSPS) is 11.7. The third kappa shape index (κ3) is 5.41. The van der Waals surface area contributed by atoms with Crippen LogP contribution < -0.4 is 14.8 Å². The van der Waals surface area contributed by atoms with E-state index in [1.807, 2.05) is 87.1 Å². The van der Waals surface area contributed by atoms with Crippen LogP contribution in [0.4, 0.5) is 0 Å². The molecule has 1 N–H and O–H groups in total. The summed E-state index contributed by atoms with van der Waals surface area (Å²) < 4.78 is 13.1. The fourth-order valence-corrected chi connectivity index (χ4v) is 3.20. The van der Waals surface area contributed by atoms with Gasteiger partial charge in [-0.1, -0.05) is 12.1 Å². The Hall–Kier alpha value is -3.28. The van der Waals surface area contributed by atoms with Crippen LogP contribution in [-0.4, -0.2) is 22.3 Å². The average molecular weight is 408 g/mol. The summed E-state index contributed by atoms with van der Waals surface area (Å²) in [4.78, 5) is 12.6. The molecule has 1 atom stereocenters. The van der Waals surface area contributed by atoms with Crippen LogP contribution >= 0.6 is 0 Å². The van der Waals surface area contributed by atoms with Crippen LogP contribution in [0.2, 0.25) is 0 Å². The monoisotopic (exact) mass is 407 g/mol. The summed E-state index contributed by atoms with van der Waals surface area (Å²) in [6.07, 6.45) is 1.99. The molecule has 2 aromatic carbocycles. The van der Waals surface area contributed by atoms with Crippen molar-refractivity contribution in [1.29, 1.82) is 0 Å². The quantitative estimate of drug-likeness (QED) is 0.559. The number of carbonyl (C=O) groups excluding carboxylic acids is 1. The number of benzene rings is 2. The molecule has 0 radical (unpaired) electrons. The maximum absolute atomic E-state index is 12.6. The summed E-state index contributed by atoms with van der Waals surface area (Å²) in [5.41, 5.74) is 3.58. The van der Waals surface area contributed by atoms with Gasteiger partial charge in [0.15, 0.2) is 0 Å². The molecular formula is C24H29N3O3. The van der Waals surface area contributed by atoms with E-state index in [1.165, 1.54) is 0 Å². The first-order valence-electron chi connectivity index (χ1n) is 10.3. The lowest BCUT2D eigenvalue weighted by Gasteiger charge is -2.13. The summed E-state index contributed by atoms with van der Waals surface area (Å²) in [5.74, 6) is 1.49. The van der Waals surface area contributed by atoms with E-state index in [0.717, 1.165) is 34.9 Å². The van der Waals surface area contributed by atoms with Gasteiger partial charge in [-0.05, 0) is 69.7 Å². The van der Waals surface area contributed by atoms with E-state index < -0.39 is 0 Å². The van der Waals surface area contributed by atoms with Gasteiger partial charge in [-0.15, -0.1) is 0 Å². The van der Waals surface area contributed by atoms with Crippen LogP contribution in [0.15, 0.2) is 54.7 Å². The number of nitrogens with zero attached hydrogens (tertiary/aromatic N) is 2. The third-order valence-electron chi connectivity index (χ3n) is 4.88. The van der Waals surface area contributed by atoms with Gasteiger partial charge in [0.1, 0.15) is 18.1 Å². The minimum Gasteiger partial charge on any atom is -0.494 e. The standard InChI is InChI=1S/C24H29N3O3/c1-5-27-15-23(18(4)26-27)17(3)25-24(28)20-9-7-19(8-10-20)16-30-22-13-11-21(12-14-22)29-6-2/h7-15,17H,5-6,16H2,1-4H3,(H,25,28). The van der Waals surface area contributed by atoms with E-state index in [-0.39, 0.29) is 11.9 Å². The molecule has 1 unspecified atom stereocenters. The lowest BCUT2D eigenvalue weighted by molar-refractivity contribution is 0.0939. The number of hydrogen-bond donors (Lipinski definition) is 1. The Morgan fingerprint density at radius 2 is 1.67 bits per heavy atom. The van der Waals surface area contributed by atoms with Crippen molar-refractivity contribution in [3.8, 4) is 11.5 Å². The molecule has 1 heterocycles. The van der Waals surface area contributed by atoms with E-state index in [2.05, 4.69) is 10.4 Å². The third-order valence-corrected chi connectivity index (χ3v) is 4.88. The van der Waals surface area contributed by atoms with Gasteiger partial charge in [0.25, 0.3) is 5.91 Å². The van der Waals surface area contributed by atoms with Crippen LogP contribution in [0, 0.1) is 6.92 Å². The number of carbonyl (C=O) groups is 1. The average Bonchev–Trinajstić information content (AvgIpc) is 3.15. The molecule has 0 saturated carbocycles. The van der Waals surface area contributed by atoms with Gasteiger partial charge >= 0.3 is 0 Å². The molecule has 0 aliphatic carbocycles. The second-order valence-electron chi connectivity index (χ2n) is 7.11. The minimum atomic E-state index is -0.111. The van der Waals surface area contributed by atoms with Crippen molar-refractivity contribution in [2.45, 2.75) is 46.9 Å². The summed E-state index contributed by atoms with van der Waals surface area (Å²) in [5, 5.41) is 7.49. The van der Waals surface area contributed by atoms with Crippen molar-refractivity contribution in [1.82, 2.24) is 15.1 Å². The van der Waals surface area contributed by atoms with E-state index in [1.54, 1.807) is 0 Å². The zero-order valence-electron chi connectivity index (χ0n) is 18.0. The molecule has 0 bridgehead atoms.